The lowest BCUT2D eigenvalue weighted by molar-refractivity contribution is -0.144. The number of benzene rings is 4. The molecule has 0 saturated carbocycles. The zero-order valence-electron chi connectivity index (χ0n) is 31.7. The summed E-state index contributed by atoms with van der Waals surface area (Å²) in [5.41, 5.74) is 6.28. The van der Waals surface area contributed by atoms with Gasteiger partial charge in [0.05, 0.1) is 10.0 Å². The van der Waals surface area contributed by atoms with Crippen LogP contribution < -0.4 is 5.32 Å². The lowest BCUT2D eigenvalue weighted by Crippen LogP contribution is -2.56. The number of hydrogen-bond acceptors (Lipinski definition) is 5. The number of likely N-dealkylation sites (tertiary alicyclic amines) is 1. The van der Waals surface area contributed by atoms with Gasteiger partial charge in [0.25, 0.3) is 0 Å². The van der Waals surface area contributed by atoms with Crippen LogP contribution in [-0.4, -0.2) is 65.3 Å². The summed E-state index contributed by atoms with van der Waals surface area (Å²) in [7, 11) is 0. The van der Waals surface area contributed by atoms with E-state index in [0.717, 1.165) is 33.4 Å². The predicted octanol–water partition coefficient (Wildman–Crippen LogP) is 9.10. The maximum absolute atomic E-state index is 14.8. The van der Waals surface area contributed by atoms with Crippen LogP contribution in [0.4, 0.5) is 4.79 Å². The fraction of sp³-hybridized carbons (Fsp3) is 0.378. The fourth-order valence-corrected chi connectivity index (χ4v) is 8.17. The number of ether oxygens (including phenoxy) is 1. The van der Waals surface area contributed by atoms with Gasteiger partial charge in [0.15, 0.2) is 0 Å². The second-order valence-corrected chi connectivity index (χ2v) is 16.0. The van der Waals surface area contributed by atoms with Crippen LogP contribution in [0, 0.1) is 11.8 Å². The Kier molecular flexibility index (Phi) is 13.3. The molecule has 0 unspecified atom stereocenters. The highest BCUT2D eigenvalue weighted by atomic mass is 35.5. The van der Waals surface area contributed by atoms with Gasteiger partial charge in [0.2, 0.25) is 11.8 Å². The van der Waals surface area contributed by atoms with Gasteiger partial charge in [-0.3, -0.25) is 19.3 Å². The molecule has 1 saturated heterocycles. The summed E-state index contributed by atoms with van der Waals surface area (Å²) in [6.07, 6.45) is 1.21. The second kappa shape index (κ2) is 18.3. The van der Waals surface area contributed by atoms with Crippen LogP contribution in [0.25, 0.3) is 11.1 Å². The van der Waals surface area contributed by atoms with E-state index in [4.69, 9.17) is 27.9 Å². The van der Waals surface area contributed by atoms with Crippen molar-refractivity contribution in [2.45, 2.75) is 77.4 Å². The number of rotatable bonds is 15. The Labute approximate surface area is 334 Å². The van der Waals surface area contributed by atoms with E-state index in [2.05, 4.69) is 29.6 Å². The highest BCUT2D eigenvalue weighted by Gasteiger charge is 2.44. The van der Waals surface area contributed by atoms with Crippen LogP contribution in [0.2, 0.25) is 10.0 Å². The SMILES string of the molecule is CC(C)C[C@H](C(=O)NCc1ccc(Cl)c(Cl)c1)N(CCC(=O)CCc1ccccc1)C(=O)[C@@H]1C[C@@H](C)CN1C(=O)OCC1c2ccccc2-c2ccccc21. The Balaban J connectivity index is 1.21. The standard InChI is InChI=1S/C45H49Cl2N3O5/c1-29(2)23-41(43(52)48-26-32-18-20-39(46)40(47)25-32)49(22-21-33(51)19-17-31-11-5-4-6-12-31)44(53)42-24-30(3)27-50(42)45(54)55-28-38-36-15-9-7-13-34(36)35-14-8-10-16-37(35)38/h4-16,18,20,25,29-30,38,41-42H,17,19,21-24,26-28H2,1-3H3,(H,48,52)/t30-,41-,42+/m1/s1. The van der Waals surface area contributed by atoms with Gasteiger partial charge in [-0.25, -0.2) is 4.79 Å². The minimum Gasteiger partial charge on any atom is -0.448 e. The van der Waals surface area contributed by atoms with Gasteiger partial charge in [0, 0.05) is 38.4 Å². The van der Waals surface area contributed by atoms with Crippen LogP contribution in [0.15, 0.2) is 97.1 Å². The van der Waals surface area contributed by atoms with Crippen molar-refractivity contribution >= 4 is 46.9 Å². The molecule has 8 nitrogen and oxygen atoms in total. The van der Waals surface area contributed by atoms with Crippen LogP contribution in [0.3, 0.4) is 0 Å². The number of hydrogen-bond donors (Lipinski definition) is 1. The highest BCUT2D eigenvalue weighted by molar-refractivity contribution is 6.42. The molecule has 1 N–H and O–H groups in total. The molecule has 1 fully saturated rings. The largest absolute Gasteiger partial charge is 0.448 e. The number of aryl methyl sites for hydroxylation is 1. The number of carbonyl (C=O) groups excluding carboxylic acids is 4. The van der Waals surface area contributed by atoms with E-state index >= 15 is 0 Å². The molecule has 1 heterocycles. The first-order valence-electron chi connectivity index (χ1n) is 19.2. The Bertz CT molecular complexity index is 1960. The smallest absolute Gasteiger partial charge is 0.410 e. The van der Waals surface area contributed by atoms with E-state index in [0.29, 0.717) is 42.3 Å². The van der Waals surface area contributed by atoms with Crippen LogP contribution in [0.1, 0.15) is 74.6 Å². The third-order valence-electron chi connectivity index (χ3n) is 10.6. The lowest BCUT2D eigenvalue weighted by atomic mass is 9.98. The number of nitrogens with zero attached hydrogens (tertiary/aromatic N) is 2. The molecule has 0 bridgehead atoms. The Morgan fingerprint density at radius 3 is 2.15 bits per heavy atom. The van der Waals surface area contributed by atoms with E-state index in [1.807, 2.05) is 75.4 Å². The average molecular weight is 783 g/mol. The first-order valence-corrected chi connectivity index (χ1v) is 19.9. The Morgan fingerprint density at radius 1 is 0.836 bits per heavy atom. The second-order valence-electron chi connectivity index (χ2n) is 15.2. The van der Waals surface area contributed by atoms with Crippen molar-refractivity contribution < 1.29 is 23.9 Å². The quantitative estimate of drug-likeness (QED) is 0.130. The molecule has 4 aromatic rings. The lowest BCUT2D eigenvalue weighted by Gasteiger charge is -2.35. The molecular formula is C45H49Cl2N3O5. The van der Waals surface area contributed by atoms with Crippen molar-refractivity contribution in [1.82, 2.24) is 15.1 Å². The molecule has 1 aliphatic carbocycles. The maximum atomic E-state index is 14.8. The maximum Gasteiger partial charge on any atom is 0.410 e. The molecule has 55 heavy (non-hydrogen) atoms. The topological polar surface area (TPSA) is 96.0 Å². The summed E-state index contributed by atoms with van der Waals surface area (Å²) in [5, 5.41) is 3.79. The van der Waals surface area contributed by atoms with Crippen molar-refractivity contribution in [3.05, 3.63) is 129 Å². The van der Waals surface area contributed by atoms with Gasteiger partial charge in [-0.15, -0.1) is 0 Å². The van der Waals surface area contributed by atoms with Crippen molar-refractivity contribution in [2.24, 2.45) is 11.8 Å². The normalized spacial score (nSPS) is 16.7. The van der Waals surface area contributed by atoms with Crippen molar-refractivity contribution in [1.29, 1.82) is 0 Å². The van der Waals surface area contributed by atoms with E-state index in [1.54, 1.807) is 18.2 Å². The number of ketones is 1. The zero-order valence-corrected chi connectivity index (χ0v) is 33.2. The van der Waals surface area contributed by atoms with Gasteiger partial charge in [-0.05, 0) is 76.6 Å². The molecule has 6 rings (SSSR count). The van der Waals surface area contributed by atoms with Gasteiger partial charge >= 0.3 is 6.09 Å². The van der Waals surface area contributed by atoms with Crippen LogP contribution >= 0.6 is 23.2 Å². The molecular weight excluding hydrogens is 733 g/mol. The summed E-state index contributed by atoms with van der Waals surface area (Å²) < 4.78 is 6.05. The first-order chi connectivity index (χ1) is 26.5. The van der Waals surface area contributed by atoms with E-state index < -0.39 is 18.2 Å². The zero-order chi connectivity index (χ0) is 39.1. The number of fused-ring (bicyclic) bond motifs is 3. The van der Waals surface area contributed by atoms with Gasteiger partial charge in [-0.2, -0.15) is 0 Å². The van der Waals surface area contributed by atoms with E-state index in [-0.39, 0.29) is 61.5 Å². The first kappa shape index (κ1) is 40.0. The summed E-state index contributed by atoms with van der Waals surface area (Å²) >= 11 is 12.4. The number of amides is 3. The van der Waals surface area contributed by atoms with E-state index in [1.165, 1.54) is 9.80 Å². The molecule has 288 valence electrons. The molecule has 3 atom stereocenters. The molecule has 0 spiro atoms. The molecule has 0 radical (unpaired) electrons. The molecule has 0 aromatic heterocycles. The minimum atomic E-state index is -0.877. The van der Waals surface area contributed by atoms with Gasteiger partial charge in [0.1, 0.15) is 24.5 Å². The predicted molar refractivity (Wildman–Crippen MR) is 217 cm³/mol. The third kappa shape index (κ3) is 9.78. The Morgan fingerprint density at radius 2 is 1.49 bits per heavy atom. The highest BCUT2D eigenvalue weighted by Crippen LogP contribution is 2.44. The third-order valence-corrected chi connectivity index (χ3v) is 11.4. The fourth-order valence-electron chi connectivity index (χ4n) is 7.85. The van der Waals surface area contributed by atoms with Crippen molar-refractivity contribution in [3.63, 3.8) is 0 Å². The summed E-state index contributed by atoms with van der Waals surface area (Å²) in [6, 6.07) is 29.5. The minimum absolute atomic E-state index is 0.00523. The number of carbonyl (C=O) groups is 4. The molecule has 3 amide bonds. The van der Waals surface area contributed by atoms with Gasteiger partial charge in [-0.1, -0.05) is 129 Å². The molecule has 4 aromatic carbocycles. The van der Waals surface area contributed by atoms with Crippen molar-refractivity contribution in [2.75, 3.05) is 19.7 Å². The summed E-state index contributed by atoms with van der Waals surface area (Å²) in [4.78, 5) is 59.3. The van der Waals surface area contributed by atoms with E-state index in [9.17, 15) is 19.2 Å². The summed E-state index contributed by atoms with van der Waals surface area (Å²) in [6.45, 7) is 6.69. The number of Topliss-reactive ketones (excluding diaryl/α,β-unsaturated/α-hetero) is 1. The monoisotopic (exact) mass is 781 g/mol. The van der Waals surface area contributed by atoms with Crippen LogP contribution in [0.5, 0.6) is 0 Å². The number of nitrogens with one attached hydrogen (secondary N) is 1. The number of halogens is 2. The molecule has 1 aliphatic heterocycles. The van der Waals surface area contributed by atoms with Crippen LogP contribution in [-0.2, 0) is 32.1 Å². The molecule has 2 aliphatic rings. The van der Waals surface area contributed by atoms with Crippen molar-refractivity contribution in [3.8, 4) is 11.1 Å². The molecule has 10 heteroatoms. The Hall–Kier alpha value is -4.66. The average Bonchev–Trinajstić information content (AvgIpc) is 3.74. The summed E-state index contributed by atoms with van der Waals surface area (Å²) in [5.74, 6) is -0.762. The van der Waals surface area contributed by atoms with Gasteiger partial charge < -0.3 is 15.0 Å².